The van der Waals surface area contributed by atoms with Gasteiger partial charge in [-0.15, -0.1) is 0 Å². The van der Waals surface area contributed by atoms with Crippen LogP contribution < -0.4 is 5.32 Å². The lowest BCUT2D eigenvalue weighted by Gasteiger charge is -2.33. The van der Waals surface area contributed by atoms with Gasteiger partial charge in [0.25, 0.3) is 0 Å². The summed E-state index contributed by atoms with van der Waals surface area (Å²) in [5.41, 5.74) is 2.54. The molecule has 0 bridgehead atoms. The summed E-state index contributed by atoms with van der Waals surface area (Å²) in [6.45, 7) is 5.42. The summed E-state index contributed by atoms with van der Waals surface area (Å²) in [5.74, 6) is -0.115. The van der Waals surface area contributed by atoms with Gasteiger partial charge in [0.1, 0.15) is 5.82 Å². The molecule has 0 spiro atoms. The lowest BCUT2D eigenvalue weighted by Crippen LogP contribution is -2.46. The maximum absolute atomic E-state index is 13.4. The van der Waals surface area contributed by atoms with E-state index < -0.39 is 0 Å². The van der Waals surface area contributed by atoms with Crippen molar-refractivity contribution in [1.29, 1.82) is 0 Å². The number of rotatable bonds is 3. The first-order chi connectivity index (χ1) is 8.65. The van der Waals surface area contributed by atoms with Crippen LogP contribution >= 0.6 is 0 Å². The Morgan fingerprint density at radius 3 is 2.89 bits per heavy atom. The van der Waals surface area contributed by atoms with Crippen LogP contribution in [0.25, 0.3) is 0 Å². The van der Waals surface area contributed by atoms with Crippen molar-refractivity contribution in [3.63, 3.8) is 0 Å². The largest absolute Gasteiger partial charge is 0.311 e. The number of nitrogens with one attached hydrogen (secondary N) is 1. The highest BCUT2D eigenvalue weighted by Crippen LogP contribution is 2.28. The first kappa shape index (κ1) is 13.5. The van der Waals surface area contributed by atoms with Crippen LogP contribution in [0.3, 0.4) is 0 Å². The fraction of sp³-hybridized carbons (Fsp3) is 0.625. The minimum atomic E-state index is -0.115. The molecule has 1 saturated heterocycles. The van der Waals surface area contributed by atoms with Crippen molar-refractivity contribution < 1.29 is 4.39 Å². The summed E-state index contributed by atoms with van der Waals surface area (Å²) < 4.78 is 13.4. The molecule has 1 aromatic rings. The van der Waals surface area contributed by atoms with Crippen LogP contribution in [0.1, 0.15) is 50.2 Å². The molecular formula is C16H24FN. The molecule has 2 rings (SSSR count). The van der Waals surface area contributed by atoms with Gasteiger partial charge in [-0.25, -0.2) is 4.39 Å². The highest BCUT2D eigenvalue weighted by molar-refractivity contribution is 5.28. The normalized spacial score (nSPS) is 24.8. The van der Waals surface area contributed by atoms with Crippen molar-refractivity contribution in [1.82, 2.24) is 5.32 Å². The molecule has 0 aromatic heterocycles. The molecule has 1 aliphatic rings. The maximum Gasteiger partial charge on any atom is 0.123 e. The van der Waals surface area contributed by atoms with Crippen molar-refractivity contribution in [2.75, 3.05) is 6.54 Å². The van der Waals surface area contributed by atoms with Gasteiger partial charge in [-0.3, -0.25) is 0 Å². The Bertz CT molecular complexity index is 392. The van der Waals surface area contributed by atoms with Crippen molar-refractivity contribution in [2.45, 2.75) is 57.9 Å². The van der Waals surface area contributed by atoms with Crippen LogP contribution in [0.5, 0.6) is 0 Å². The Labute approximate surface area is 110 Å². The van der Waals surface area contributed by atoms with E-state index in [1.165, 1.54) is 31.2 Å². The fourth-order valence-electron chi connectivity index (χ4n) is 2.98. The Kier molecular flexibility index (Phi) is 4.39. The second kappa shape index (κ2) is 5.83. The smallest absolute Gasteiger partial charge is 0.123 e. The van der Waals surface area contributed by atoms with Crippen LogP contribution in [-0.2, 0) is 6.42 Å². The fourth-order valence-corrected chi connectivity index (χ4v) is 2.98. The molecule has 1 nitrogen and oxygen atoms in total. The summed E-state index contributed by atoms with van der Waals surface area (Å²) >= 11 is 0. The van der Waals surface area contributed by atoms with E-state index in [2.05, 4.69) is 19.2 Å². The third-order valence-corrected chi connectivity index (χ3v) is 4.35. The number of hydrogen-bond acceptors (Lipinski definition) is 1. The second-order valence-electron chi connectivity index (χ2n) is 5.62. The van der Waals surface area contributed by atoms with Gasteiger partial charge < -0.3 is 5.32 Å². The van der Waals surface area contributed by atoms with Crippen LogP contribution in [0.15, 0.2) is 18.2 Å². The molecule has 1 aliphatic heterocycles. The van der Waals surface area contributed by atoms with Gasteiger partial charge in [-0.2, -0.15) is 0 Å². The third-order valence-electron chi connectivity index (χ3n) is 4.35. The number of aryl methyl sites for hydroxylation is 1. The lowest BCUT2D eigenvalue weighted by molar-refractivity contribution is 0.301. The zero-order chi connectivity index (χ0) is 13.0. The van der Waals surface area contributed by atoms with E-state index in [1.807, 2.05) is 6.07 Å². The Hall–Kier alpha value is -0.890. The second-order valence-corrected chi connectivity index (χ2v) is 5.62. The van der Waals surface area contributed by atoms with Crippen LogP contribution in [0.4, 0.5) is 4.39 Å². The van der Waals surface area contributed by atoms with Crippen molar-refractivity contribution >= 4 is 0 Å². The Morgan fingerprint density at radius 2 is 2.11 bits per heavy atom. The molecular weight excluding hydrogens is 225 g/mol. The lowest BCUT2D eigenvalue weighted by atomic mass is 9.83. The quantitative estimate of drug-likeness (QED) is 0.854. The number of halogens is 1. The molecule has 1 heterocycles. The van der Waals surface area contributed by atoms with Crippen LogP contribution in [-0.4, -0.2) is 12.1 Å². The van der Waals surface area contributed by atoms with Crippen molar-refractivity contribution in [3.8, 4) is 0 Å². The van der Waals surface area contributed by atoms with Gasteiger partial charge in [-0.05, 0) is 62.4 Å². The van der Waals surface area contributed by atoms with Gasteiger partial charge in [0.05, 0.1) is 0 Å². The van der Waals surface area contributed by atoms with E-state index in [0.717, 1.165) is 24.9 Å². The van der Waals surface area contributed by atoms with E-state index in [0.29, 0.717) is 0 Å². The topological polar surface area (TPSA) is 12.0 Å². The monoisotopic (exact) mass is 249 g/mol. The van der Waals surface area contributed by atoms with Gasteiger partial charge in [0.15, 0.2) is 0 Å². The summed E-state index contributed by atoms with van der Waals surface area (Å²) in [6.07, 6.45) is 7.14. The number of hydrogen-bond donors (Lipinski definition) is 1. The van der Waals surface area contributed by atoms with Crippen LogP contribution in [0, 0.1) is 12.7 Å². The van der Waals surface area contributed by atoms with E-state index in [9.17, 15) is 4.39 Å². The average molecular weight is 249 g/mol. The molecule has 1 atom stereocenters. The predicted octanol–water partition coefficient (Wildman–Crippen LogP) is 3.99. The van der Waals surface area contributed by atoms with Crippen LogP contribution in [0.2, 0.25) is 0 Å². The molecule has 100 valence electrons. The molecule has 18 heavy (non-hydrogen) atoms. The standard InChI is InChI=1S/C16H24FN/c1-3-16(9-5-4-6-10-18-16)12-14-11-15(17)8-7-13(14)2/h7-8,11,18H,3-6,9-10,12H2,1-2H3. The van der Waals surface area contributed by atoms with Gasteiger partial charge >= 0.3 is 0 Å². The summed E-state index contributed by atoms with van der Waals surface area (Å²) in [5, 5.41) is 3.72. The van der Waals surface area contributed by atoms with Gasteiger partial charge in [-0.1, -0.05) is 25.8 Å². The summed E-state index contributed by atoms with van der Waals surface area (Å²) in [6, 6.07) is 5.15. The Balaban J connectivity index is 2.20. The first-order valence-electron chi connectivity index (χ1n) is 7.15. The predicted molar refractivity (Wildman–Crippen MR) is 74.3 cm³/mol. The minimum absolute atomic E-state index is 0.115. The molecule has 0 radical (unpaired) electrons. The SMILES string of the molecule is CCC1(Cc2cc(F)ccc2C)CCCCCN1. The molecule has 1 N–H and O–H groups in total. The van der Waals surface area contributed by atoms with Crippen molar-refractivity contribution in [3.05, 3.63) is 35.1 Å². The molecule has 1 unspecified atom stereocenters. The average Bonchev–Trinajstić information content (AvgIpc) is 2.60. The Morgan fingerprint density at radius 1 is 1.28 bits per heavy atom. The van der Waals surface area contributed by atoms with Gasteiger partial charge in [0.2, 0.25) is 0 Å². The zero-order valence-corrected chi connectivity index (χ0v) is 11.6. The van der Waals surface area contributed by atoms with Crippen molar-refractivity contribution in [2.24, 2.45) is 0 Å². The molecule has 0 amide bonds. The summed E-state index contributed by atoms with van der Waals surface area (Å²) in [7, 11) is 0. The molecule has 0 saturated carbocycles. The first-order valence-corrected chi connectivity index (χ1v) is 7.15. The summed E-state index contributed by atoms with van der Waals surface area (Å²) in [4.78, 5) is 0. The molecule has 1 aromatic carbocycles. The number of benzene rings is 1. The third kappa shape index (κ3) is 3.11. The highest BCUT2D eigenvalue weighted by Gasteiger charge is 2.29. The van der Waals surface area contributed by atoms with E-state index >= 15 is 0 Å². The zero-order valence-electron chi connectivity index (χ0n) is 11.6. The maximum atomic E-state index is 13.4. The van der Waals surface area contributed by atoms with E-state index in [1.54, 1.807) is 12.1 Å². The molecule has 1 fully saturated rings. The minimum Gasteiger partial charge on any atom is -0.311 e. The molecule has 2 heteroatoms. The highest BCUT2D eigenvalue weighted by atomic mass is 19.1. The van der Waals surface area contributed by atoms with E-state index in [4.69, 9.17) is 0 Å². The molecule has 0 aliphatic carbocycles. The van der Waals surface area contributed by atoms with E-state index in [-0.39, 0.29) is 11.4 Å². The van der Waals surface area contributed by atoms with Gasteiger partial charge in [0, 0.05) is 5.54 Å².